The van der Waals surface area contributed by atoms with Crippen LogP contribution in [0.15, 0.2) is 0 Å². The van der Waals surface area contributed by atoms with Crippen LogP contribution in [-0.2, 0) is 43.4 Å². The third-order valence-corrected chi connectivity index (χ3v) is 0. The number of hydrogen-bond acceptors (Lipinski definition) is 0. The first-order valence-electron chi connectivity index (χ1n) is 0. The molecular formula is H6Ba2SrTi2. The molecule has 0 heterocycles. The van der Waals surface area contributed by atoms with Crippen molar-refractivity contribution in [3.8, 4) is 0 Å². The minimum atomic E-state index is 0. The fraction of sp³-hybridized carbons (Fsp3) is 0. The Bertz CT molecular complexity index is 18.5. The van der Waals surface area contributed by atoms with E-state index in [1.165, 1.54) is 0 Å². The SMILES string of the molecule is [Ba+2].[Ba+2].[H-].[H-].[H-].[H-].[H-].[H-].[Sr+2].[Ti].[Ti]. The molecule has 0 N–H and O–H groups in total. The second-order valence-electron chi connectivity index (χ2n) is 0. The molecular weight excluding hydrogens is 458 g/mol. The summed E-state index contributed by atoms with van der Waals surface area (Å²) in [5, 5.41) is 0. The first-order valence-corrected chi connectivity index (χ1v) is 0. The van der Waals surface area contributed by atoms with E-state index in [1.54, 1.807) is 0 Å². The van der Waals surface area contributed by atoms with Crippen molar-refractivity contribution in [2.75, 3.05) is 0 Å². The molecule has 0 saturated carbocycles. The number of hydrogen-bond donors (Lipinski definition) is 0. The Balaban J connectivity index is 0. The zero-order valence-electron chi connectivity index (χ0n) is 9.12. The molecule has 5 heavy (non-hydrogen) atoms. The Morgan fingerprint density at radius 3 is 0.800 bits per heavy atom. The van der Waals surface area contributed by atoms with E-state index in [1.807, 2.05) is 0 Å². The van der Waals surface area contributed by atoms with Crippen molar-refractivity contribution in [1.82, 2.24) is 0 Å². The second-order valence-corrected chi connectivity index (χ2v) is 0. The standard InChI is InChI=1S/2Ba.Sr.2Ti.6H/q3*+2;;;6*-1. The van der Waals surface area contributed by atoms with E-state index in [0.29, 0.717) is 0 Å². The van der Waals surface area contributed by atoms with Gasteiger partial charge in [-0.05, 0) is 0 Å². The Labute approximate surface area is 189 Å². The van der Waals surface area contributed by atoms with E-state index in [9.17, 15) is 0 Å². The molecule has 0 aliphatic carbocycles. The van der Waals surface area contributed by atoms with E-state index in [2.05, 4.69) is 0 Å². The van der Waals surface area contributed by atoms with Gasteiger partial charge in [0.25, 0.3) is 0 Å². The van der Waals surface area contributed by atoms with Crippen LogP contribution in [-0.4, -0.2) is 143 Å². The molecule has 0 aromatic carbocycles. The zero-order chi connectivity index (χ0) is 0. The van der Waals surface area contributed by atoms with Crippen molar-refractivity contribution >= 4 is 143 Å². The van der Waals surface area contributed by atoms with E-state index >= 15 is 0 Å². The van der Waals surface area contributed by atoms with Gasteiger partial charge in [0.15, 0.2) is 0 Å². The van der Waals surface area contributed by atoms with Crippen LogP contribution in [0.3, 0.4) is 0 Å². The van der Waals surface area contributed by atoms with Gasteiger partial charge in [0.05, 0.1) is 0 Å². The molecule has 0 amide bonds. The zero-order valence-corrected chi connectivity index (χ0v) is 18.6. The molecule has 0 nitrogen and oxygen atoms in total. The molecule has 0 saturated heterocycles. The summed E-state index contributed by atoms with van der Waals surface area (Å²) in [5.74, 6) is 0. The molecule has 0 aliphatic rings. The summed E-state index contributed by atoms with van der Waals surface area (Å²) in [6.45, 7) is 0. The van der Waals surface area contributed by atoms with Gasteiger partial charge in [0.2, 0.25) is 0 Å². The molecule has 0 unspecified atom stereocenters. The van der Waals surface area contributed by atoms with Crippen LogP contribution in [0.5, 0.6) is 0 Å². The summed E-state index contributed by atoms with van der Waals surface area (Å²) in [4.78, 5) is 0. The van der Waals surface area contributed by atoms with Crippen molar-refractivity contribution in [2.45, 2.75) is 0 Å². The van der Waals surface area contributed by atoms with Crippen LogP contribution in [0.25, 0.3) is 0 Å². The maximum absolute atomic E-state index is 0. The quantitative estimate of drug-likeness (QED) is 0.426. The van der Waals surface area contributed by atoms with Crippen molar-refractivity contribution < 1.29 is 52.0 Å². The Morgan fingerprint density at radius 1 is 0.800 bits per heavy atom. The summed E-state index contributed by atoms with van der Waals surface area (Å²) >= 11 is 0. The largest absolute Gasteiger partial charge is 2.00 e. The molecule has 0 radical (unpaired) electrons. The third kappa shape index (κ3) is 17.8. The van der Waals surface area contributed by atoms with Gasteiger partial charge in [0.1, 0.15) is 0 Å². The van der Waals surface area contributed by atoms with Crippen LogP contribution in [0.1, 0.15) is 8.56 Å². The molecule has 0 aromatic heterocycles. The average Bonchev–Trinajstić information content (AvgIpc) is 0. The van der Waals surface area contributed by atoms with E-state index in [-0.39, 0.29) is 195 Å². The van der Waals surface area contributed by atoms with E-state index < -0.39 is 0 Å². The normalized spacial score (nSPS) is 0. The smallest absolute Gasteiger partial charge is 1.00 e. The Kier molecular flexibility index (Phi) is 137. The average molecular weight is 464 g/mol. The van der Waals surface area contributed by atoms with Crippen LogP contribution in [0.2, 0.25) is 0 Å². The molecule has 20 valence electrons. The van der Waals surface area contributed by atoms with Gasteiger partial charge in [-0.3, -0.25) is 0 Å². The van der Waals surface area contributed by atoms with Gasteiger partial charge in [0, 0.05) is 43.4 Å². The van der Waals surface area contributed by atoms with Crippen LogP contribution in [0.4, 0.5) is 0 Å². The summed E-state index contributed by atoms with van der Waals surface area (Å²) in [6.07, 6.45) is 0. The predicted molar refractivity (Wildman–Crippen MR) is 23.9 cm³/mol. The minimum Gasteiger partial charge on any atom is -1.00 e. The summed E-state index contributed by atoms with van der Waals surface area (Å²) in [6, 6.07) is 0. The van der Waals surface area contributed by atoms with Crippen LogP contribution < -0.4 is 0 Å². The van der Waals surface area contributed by atoms with Gasteiger partial charge in [-0.25, -0.2) is 0 Å². The molecule has 0 aliphatic heterocycles. The monoisotopic (exact) mass is 466 g/mol. The maximum Gasteiger partial charge on any atom is 2.00 e. The van der Waals surface area contributed by atoms with Crippen molar-refractivity contribution in [3.05, 3.63) is 0 Å². The van der Waals surface area contributed by atoms with Crippen molar-refractivity contribution in [3.63, 3.8) is 0 Å². The molecule has 0 fully saturated rings. The molecule has 5 heteroatoms. The van der Waals surface area contributed by atoms with Crippen LogP contribution >= 0.6 is 0 Å². The predicted octanol–water partition coefficient (Wildman–Crippen LogP) is -0.472. The summed E-state index contributed by atoms with van der Waals surface area (Å²) < 4.78 is 0. The van der Waals surface area contributed by atoms with Gasteiger partial charge in [-0.1, -0.05) is 0 Å². The molecule has 0 bridgehead atoms. The third-order valence-electron chi connectivity index (χ3n) is 0. The molecule has 0 aromatic rings. The Morgan fingerprint density at radius 2 is 0.800 bits per heavy atom. The van der Waals surface area contributed by atoms with Crippen molar-refractivity contribution in [1.29, 1.82) is 0 Å². The Hall–Kier alpha value is 6.05. The molecule has 0 atom stereocenters. The molecule has 0 spiro atoms. The fourth-order valence-corrected chi connectivity index (χ4v) is 0. The first kappa shape index (κ1) is 30.5. The van der Waals surface area contributed by atoms with E-state index in [0.717, 1.165) is 0 Å². The number of rotatable bonds is 0. The summed E-state index contributed by atoms with van der Waals surface area (Å²) in [5.41, 5.74) is 0. The van der Waals surface area contributed by atoms with Crippen molar-refractivity contribution in [2.24, 2.45) is 0 Å². The minimum absolute atomic E-state index is 0. The topological polar surface area (TPSA) is 0 Å². The van der Waals surface area contributed by atoms with E-state index in [4.69, 9.17) is 0 Å². The first-order chi connectivity index (χ1) is 0. The van der Waals surface area contributed by atoms with Gasteiger partial charge >= 0.3 is 143 Å². The van der Waals surface area contributed by atoms with Gasteiger partial charge in [-0.15, -0.1) is 0 Å². The second kappa shape index (κ2) is 22.5. The van der Waals surface area contributed by atoms with Gasteiger partial charge in [-0.2, -0.15) is 0 Å². The fourth-order valence-electron chi connectivity index (χ4n) is 0. The van der Waals surface area contributed by atoms with Gasteiger partial charge < -0.3 is 8.56 Å². The maximum atomic E-state index is 0. The van der Waals surface area contributed by atoms with Crippen LogP contribution in [0, 0.1) is 0 Å². The molecule has 0 rings (SSSR count). The summed E-state index contributed by atoms with van der Waals surface area (Å²) in [7, 11) is 0.